The summed E-state index contributed by atoms with van der Waals surface area (Å²) in [6.45, 7) is 5.00. The monoisotopic (exact) mass is 499 g/mol. The molecule has 1 saturated heterocycles. The number of anilines is 2. The third-order valence-corrected chi connectivity index (χ3v) is 6.72. The van der Waals surface area contributed by atoms with Gasteiger partial charge in [-0.3, -0.25) is 4.90 Å². The second-order valence-electron chi connectivity index (χ2n) is 9.42. The number of nitrogens with one attached hydrogen (secondary N) is 1. The lowest BCUT2D eigenvalue weighted by molar-refractivity contribution is 0.167. The smallest absolute Gasteiger partial charge is 0.141 e. The van der Waals surface area contributed by atoms with E-state index in [-0.39, 0.29) is 12.2 Å². The zero-order chi connectivity index (χ0) is 25.2. The van der Waals surface area contributed by atoms with E-state index < -0.39 is 0 Å². The van der Waals surface area contributed by atoms with Crippen LogP contribution in [0.5, 0.6) is 11.5 Å². The average Bonchev–Trinajstić information content (AvgIpc) is 3.54. The van der Waals surface area contributed by atoms with Crippen molar-refractivity contribution in [1.29, 1.82) is 0 Å². The highest BCUT2D eigenvalue weighted by atomic mass is 16.5. The molecule has 4 heterocycles. The largest absolute Gasteiger partial charge is 0.492 e. The summed E-state index contributed by atoms with van der Waals surface area (Å²) in [5.74, 6) is 3.18. The van der Waals surface area contributed by atoms with Crippen LogP contribution in [0.1, 0.15) is 17.8 Å². The molecule has 190 valence electrons. The molecule has 0 aliphatic carbocycles. The number of hydrogen-bond acceptors (Lipinski definition) is 9. The summed E-state index contributed by atoms with van der Waals surface area (Å²) < 4.78 is 14.0. The minimum Gasteiger partial charge on any atom is -0.492 e. The Hall–Kier alpha value is -4.02. The van der Waals surface area contributed by atoms with Crippen molar-refractivity contribution in [2.45, 2.75) is 32.0 Å². The Morgan fingerprint density at radius 1 is 1.11 bits per heavy atom. The number of benzene rings is 2. The Morgan fingerprint density at radius 3 is 2.92 bits per heavy atom. The van der Waals surface area contributed by atoms with Crippen LogP contribution in [0.15, 0.2) is 55.1 Å². The van der Waals surface area contributed by atoms with Gasteiger partial charge < -0.3 is 19.9 Å². The summed E-state index contributed by atoms with van der Waals surface area (Å²) in [5.41, 5.74) is 2.75. The van der Waals surface area contributed by atoms with Crippen LogP contribution in [0.25, 0.3) is 17.1 Å². The SMILES string of the molecule is Cc1cc(Nc2ncnc3ccc(OCCN4CC[C@@H](O)C4)cc23)ccc1OC1C=Cn2ncnc2C1. The molecule has 4 aromatic rings. The second-order valence-corrected chi connectivity index (χ2v) is 9.42. The van der Waals surface area contributed by atoms with Crippen LogP contribution in [0.2, 0.25) is 0 Å². The van der Waals surface area contributed by atoms with Crippen LogP contribution in [0.4, 0.5) is 11.5 Å². The maximum atomic E-state index is 9.70. The number of hydrogen-bond donors (Lipinski definition) is 2. The van der Waals surface area contributed by atoms with Crippen LogP contribution in [0.3, 0.4) is 0 Å². The molecule has 2 aromatic carbocycles. The Morgan fingerprint density at radius 2 is 2.05 bits per heavy atom. The molecule has 2 aromatic heterocycles. The Kier molecular flexibility index (Phi) is 6.42. The zero-order valence-corrected chi connectivity index (χ0v) is 20.6. The van der Waals surface area contributed by atoms with E-state index in [2.05, 4.69) is 30.3 Å². The lowest BCUT2D eigenvalue weighted by atomic mass is 10.1. The molecule has 2 N–H and O–H groups in total. The second kappa shape index (κ2) is 10.2. The van der Waals surface area contributed by atoms with E-state index in [1.54, 1.807) is 17.3 Å². The molecular weight excluding hydrogens is 470 g/mol. The van der Waals surface area contributed by atoms with Gasteiger partial charge in [-0.15, -0.1) is 0 Å². The van der Waals surface area contributed by atoms with Gasteiger partial charge in [0.2, 0.25) is 0 Å². The molecule has 1 unspecified atom stereocenters. The molecule has 0 bridgehead atoms. The van der Waals surface area contributed by atoms with E-state index in [1.807, 2.05) is 55.6 Å². The van der Waals surface area contributed by atoms with Gasteiger partial charge in [-0.2, -0.15) is 5.10 Å². The quantitative estimate of drug-likeness (QED) is 0.378. The van der Waals surface area contributed by atoms with Crippen LogP contribution < -0.4 is 14.8 Å². The predicted molar refractivity (Wildman–Crippen MR) is 140 cm³/mol. The molecule has 2 aliphatic rings. The van der Waals surface area contributed by atoms with Crippen molar-refractivity contribution in [1.82, 2.24) is 29.6 Å². The van der Waals surface area contributed by atoms with Gasteiger partial charge in [0.05, 0.1) is 11.6 Å². The first kappa shape index (κ1) is 23.4. The Bertz CT molecular complexity index is 1440. The minimum absolute atomic E-state index is 0.0889. The molecule has 0 spiro atoms. The predicted octanol–water partition coefficient (Wildman–Crippen LogP) is 3.19. The fourth-order valence-corrected chi connectivity index (χ4v) is 4.74. The maximum absolute atomic E-state index is 9.70. The lowest BCUT2D eigenvalue weighted by Crippen LogP contribution is -2.27. The number of likely N-dealkylation sites (tertiary alicyclic amines) is 1. The highest BCUT2D eigenvalue weighted by molar-refractivity contribution is 5.91. The van der Waals surface area contributed by atoms with Gasteiger partial charge in [0.25, 0.3) is 0 Å². The lowest BCUT2D eigenvalue weighted by Gasteiger charge is -2.20. The number of aliphatic hydroxyl groups is 1. The van der Waals surface area contributed by atoms with Crippen LogP contribution >= 0.6 is 0 Å². The summed E-state index contributed by atoms with van der Waals surface area (Å²) >= 11 is 0. The minimum atomic E-state index is -0.220. The number of aromatic nitrogens is 5. The number of aliphatic hydroxyl groups excluding tert-OH is 1. The fraction of sp³-hybridized carbons (Fsp3) is 0.333. The third-order valence-electron chi connectivity index (χ3n) is 6.72. The summed E-state index contributed by atoms with van der Waals surface area (Å²) in [6, 6.07) is 11.8. The van der Waals surface area contributed by atoms with E-state index in [9.17, 15) is 5.11 Å². The third kappa shape index (κ3) is 5.25. The van der Waals surface area contributed by atoms with E-state index in [1.165, 1.54) is 0 Å². The van der Waals surface area contributed by atoms with Crippen molar-refractivity contribution >= 4 is 28.6 Å². The Labute approximate surface area is 214 Å². The molecule has 10 heteroatoms. The molecule has 2 atom stereocenters. The number of aryl methyl sites for hydroxylation is 1. The van der Waals surface area contributed by atoms with Gasteiger partial charge in [-0.1, -0.05) is 0 Å². The van der Waals surface area contributed by atoms with E-state index in [0.717, 1.165) is 59.0 Å². The van der Waals surface area contributed by atoms with E-state index in [0.29, 0.717) is 25.4 Å². The molecule has 0 saturated carbocycles. The van der Waals surface area contributed by atoms with Gasteiger partial charge in [0.1, 0.15) is 48.5 Å². The molecule has 0 amide bonds. The molecule has 10 nitrogen and oxygen atoms in total. The topological polar surface area (TPSA) is 110 Å². The number of nitrogens with zero attached hydrogens (tertiary/aromatic N) is 6. The normalized spacial score (nSPS) is 19.2. The van der Waals surface area contributed by atoms with Gasteiger partial charge in [0, 0.05) is 43.3 Å². The van der Waals surface area contributed by atoms with Gasteiger partial charge in [0.15, 0.2) is 0 Å². The summed E-state index contributed by atoms with van der Waals surface area (Å²) in [4.78, 5) is 15.4. The highest BCUT2D eigenvalue weighted by Crippen LogP contribution is 2.30. The highest BCUT2D eigenvalue weighted by Gasteiger charge is 2.20. The van der Waals surface area contributed by atoms with Gasteiger partial charge in [-0.25, -0.2) is 19.6 Å². The molecule has 0 radical (unpaired) electrons. The summed E-state index contributed by atoms with van der Waals surface area (Å²) in [5, 5.41) is 18.2. The molecule has 37 heavy (non-hydrogen) atoms. The van der Waals surface area contributed by atoms with Crippen molar-refractivity contribution in [2.75, 3.05) is 31.6 Å². The van der Waals surface area contributed by atoms with Crippen LogP contribution in [-0.4, -0.2) is 73.2 Å². The van der Waals surface area contributed by atoms with Crippen molar-refractivity contribution in [3.8, 4) is 11.5 Å². The van der Waals surface area contributed by atoms with Crippen molar-refractivity contribution < 1.29 is 14.6 Å². The molecule has 2 aliphatic heterocycles. The first-order valence-corrected chi connectivity index (χ1v) is 12.5. The molecule has 1 fully saturated rings. The van der Waals surface area contributed by atoms with Crippen molar-refractivity contribution in [3.05, 3.63) is 66.5 Å². The standard InChI is InChI=1S/C27H29N7O3/c1-18-12-19(2-5-25(18)37-22-7-9-34-26(14-22)29-17-31-34)32-27-23-13-21(3-4-24(23)28-16-30-27)36-11-10-33-8-6-20(35)15-33/h2-5,7,9,12-13,16-17,20,22,35H,6,8,10-11,14-15H2,1H3,(H,28,30,32)/t20-,22?/m1/s1. The van der Waals surface area contributed by atoms with Crippen LogP contribution in [-0.2, 0) is 6.42 Å². The summed E-state index contributed by atoms with van der Waals surface area (Å²) in [7, 11) is 0. The first-order chi connectivity index (χ1) is 18.1. The van der Waals surface area contributed by atoms with Gasteiger partial charge >= 0.3 is 0 Å². The van der Waals surface area contributed by atoms with E-state index in [4.69, 9.17) is 9.47 Å². The van der Waals surface area contributed by atoms with Crippen molar-refractivity contribution in [3.63, 3.8) is 0 Å². The first-order valence-electron chi connectivity index (χ1n) is 12.5. The van der Waals surface area contributed by atoms with Crippen LogP contribution in [0, 0.1) is 6.92 Å². The summed E-state index contributed by atoms with van der Waals surface area (Å²) in [6.07, 6.45) is 8.19. The molecular formula is C27H29N7O3. The maximum Gasteiger partial charge on any atom is 0.141 e. The van der Waals surface area contributed by atoms with E-state index >= 15 is 0 Å². The number of fused-ring (bicyclic) bond motifs is 2. The van der Waals surface area contributed by atoms with Gasteiger partial charge in [-0.05, 0) is 61.4 Å². The Balaban J connectivity index is 1.13. The number of rotatable bonds is 8. The molecule has 6 rings (SSSR count). The number of β-amino-alcohol motifs (C(OH)–C–C–N with tert-alkyl or cyclic N) is 1. The average molecular weight is 500 g/mol. The zero-order valence-electron chi connectivity index (χ0n) is 20.6. The van der Waals surface area contributed by atoms with Crippen molar-refractivity contribution in [2.24, 2.45) is 0 Å². The number of ether oxygens (including phenoxy) is 2. The fourth-order valence-electron chi connectivity index (χ4n) is 4.74.